The summed E-state index contributed by atoms with van der Waals surface area (Å²) in [6.45, 7) is -0.249. The number of hydrogen-bond donors (Lipinski definition) is 1. The van der Waals surface area contributed by atoms with Gasteiger partial charge >= 0.3 is 12.1 Å². The molecule has 0 radical (unpaired) electrons. The van der Waals surface area contributed by atoms with E-state index in [1.807, 2.05) is 0 Å². The van der Waals surface area contributed by atoms with Gasteiger partial charge in [-0.1, -0.05) is 30.1 Å². The maximum absolute atomic E-state index is 14.2. The summed E-state index contributed by atoms with van der Waals surface area (Å²) < 4.78 is 82.3. The monoisotopic (exact) mass is 407 g/mol. The van der Waals surface area contributed by atoms with Gasteiger partial charge in [0.25, 0.3) is 0 Å². The number of rotatable bonds is 6. The smallest absolute Gasteiger partial charge is 0.329 e. The Bertz CT molecular complexity index is 906. The number of sulfonamides is 1. The molecule has 1 aliphatic carbocycles. The van der Waals surface area contributed by atoms with Gasteiger partial charge in [0.05, 0.1) is 5.75 Å². The second-order valence-electron chi connectivity index (χ2n) is 6.48. The zero-order valence-corrected chi connectivity index (χ0v) is 14.9. The number of halogens is 4. The highest BCUT2D eigenvalue weighted by Crippen LogP contribution is 2.30. The summed E-state index contributed by atoms with van der Waals surface area (Å²) >= 11 is 0. The lowest BCUT2D eigenvalue weighted by molar-refractivity contribution is -0.159. The Morgan fingerprint density at radius 1 is 1.22 bits per heavy atom. The van der Waals surface area contributed by atoms with Gasteiger partial charge in [-0.25, -0.2) is 17.5 Å². The molecule has 0 saturated heterocycles. The van der Waals surface area contributed by atoms with Crippen LogP contribution in [0.25, 0.3) is 11.4 Å². The summed E-state index contributed by atoms with van der Waals surface area (Å²) in [7, 11) is -3.54. The van der Waals surface area contributed by atoms with Gasteiger partial charge in [-0.15, -0.1) is 0 Å². The molecule has 1 aliphatic rings. The van der Waals surface area contributed by atoms with Crippen molar-refractivity contribution < 1.29 is 30.5 Å². The molecule has 1 aromatic carbocycles. The van der Waals surface area contributed by atoms with Crippen molar-refractivity contribution in [3.8, 4) is 11.4 Å². The summed E-state index contributed by atoms with van der Waals surface area (Å²) in [5.41, 5.74) is 0.0533. The normalized spacial score (nSPS) is 16.1. The Morgan fingerprint density at radius 3 is 2.52 bits per heavy atom. The fourth-order valence-corrected chi connectivity index (χ4v) is 4.47. The van der Waals surface area contributed by atoms with Gasteiger partial charge in [0.1, 0.15) is 5.82 Å². The third-order valence-corrected chi connectivity index (χ3v) is 5.89. The van der Waals surface area contributed by atoms with E-state index in [1.54, 1.807) is 0 Å². The number of nitrogens with zero attached hydrogens (tertiary/aromatic N) is 2. The molecule has 0 amide bonds. The highest BCUT2D eigenvalue weighted by Gasteiger charge is 2.38. The molecule has 3 rings (SSSR count). The van der Waals surface area contributed by atoms with Gasteiger partial charge in [-0.3, -0.25) is 0 Å². The van der Waals surface area contributed by atoms with Gasteiger partial charge in [0, 0.05) is 17.7 Å². The number of hydrogen-bond acceptors (Lipinski definition) is 5. The second kappa shape index (κ2) is 7.55. The molecule has 0 aliphatic heterocycles. The molecule has 0 bridgehead atoms. The fourth-order valence-electron chi connectivity index (χ4n) is 3.02. The van der Waals surface area contributed by atoms with E-state index in [1.165, 1.54) is 12.1 Å². The molecule has 0 atom stereocenters. The SMILES string of the molecule is O=S(=O)(CC1CCCC1)NCc1ccc(-c2noc(C(F)(F)F)n2)cc1F. The van der Waals surface area contributed by atoms with Gasteiger partial charge < -0.3 is 4.52 Å². The molecule has 1 heterocycles. The highest BCUT2D eigenvalue weighted by molar-refractivity contribution is 7.89. The first kappa shape index (κ1) is 19.7. The Labute approximate surface area is 153 Å². The third kappa shape index (κ3) is 5.04. The molecule has 27 heavy (non-hydrogen) atoms. The average Bonchev–Trinajstić information content (AvgIpc) is 3.24. The minimum absolute atomic E-state index is 0.00970. The fraction of sp³-hybridized carbons (Fsp3) is 0.500. The zero-order valence-electron chi connectivity index (χ0n) is 14.1. The average molecular weight is 407 g/mol. The molecule has 1 N–H and O–H groups in total. The summed E-state index contributed by atoms with van der Waals surface area (Å²) in [5.74, 6) is -2.59. The van der Waals surface area contributed by atoms with Crippen LogP contribution >= 0.6 is 0 Å². The molecule has 148 valence electrons. The molecule has 1 fully saturated rings. The van der Waals surface area contributed by atoms with Crippen molar-refractivity contribution in [3.63, 3.8) is 0 Å². The van der Waals surface area contributed by atoms with E-state index in [4.69, 9.17) is 0 Å². The van der Waals surface area contributed by atoms with Crippen LogP contribution in [0.4, 0.5) is 17.6 Å². The third-order valence-electron chi connectivity index (χ3n) is 4.39. The Morgan fingerprint density at radius 2 is 1.93 bits per heavy atom. The summed E-state index contributed by atoms with van der Waals surface area (Å²) in [4.78, 5) is 3.18. The number of alkyl halides is 3. The predicted octanol–water partition coefficient (Wildman–Crippen LogP) is 3.50. The number of aromatic nitrogens is 2. The topological polar surface area (TPSA) is 85.1 Å². The molecule has 11 heteroatoms. The second-order valence-corrected chi connectivity index (χ2v) is 8.33. The van der Waals surface area contributed by atoms with E-state index < -0.39 is 33.7 Å². The van der Waals surface area contributed by atoms with Crippen LogP contribution in [-0.4, -0.2) is 24.3 Å². The molecule has 6 nitrogen and oxygen atoms in total. The van der Waals surface area contributed by atoms with Crippen LogP contribution in [0.1, 0.15) is 37.1 Å². The van der Waals surface area contributed by atoms with Crippen molar-refractivity contribution in [2.24, 2.45) is 5.92 Å². The van der Waals surface area contributed by atoms with Crippen LogP contribution in [0.2, 0.25) is 0 Å². The largest absolute Gasteiger partial charge is 0.471 e. The van der Waals surface area contributed by atoms with E-state index in [-0.39, 0.29) is 29.3 Å². The standard InChI is InChI=1S/C16H17F4N3O3S/c17-13-7-11(14-22-15(26-23-14)16(18,19)20)5-6-12(13)8-21-27(24,25)9-10-3-1-2-4-10/h5-7,10,21H,1-4,8-9H2. The first-order chi connectivity index (χ1) is 12.6. The highest BCUT2D eigenvalue weighted by atomic mass is 32.2. The van der Waals surface area contributed by atoms with Crippen molar-refractivity contribution >= 4 is 10.0 Å². The van der Waals surface area contributed by atoms with Gasteiger partial charge in [0.15, 0.2) is 0 Å². The Hall–Kier alpha value is -2.01. The number of benzene rings is 1. The van der Waals surface area contributed by atoms with E-state index in [9.17, 15) is 26.0 Å². The van der Waals surface area contributed by atoms with Gasteiger partial charge in [-0.2, -0.15) is 18.2 Å². The van der Waals surface area contributed by atoms with E-state index in [2.05, 4.69) is 19.4 Å². The van der Waals surface area contributed by atoms with Crippen LogP contribution in [0.3, 0.4) is 0 Å². The minimum atomic E-state index is -4.79. The van der Waals surface area contributed by atoms with Gasteiger partial charge in [0.2, 0.25) is 15.8 Å². The Kier molecular flexibility index (Phi) is 5.52. The van der Waals surface area contributed by atoms with Crippen molar-refractivity contribution in [3.05, 3.63) is 35.5 Å². The summed E-state index contributed by atoms with van der Waals surface area (Å²) in [6, 6.07) is 3.51. The Balaban J connectivity index is 1.67. The molecular formula is C16H17F4N3O3S. The lowest BCUT2D eigenvalue weighted by atomic mass is 10.1. The van der Waals surface area contributed by atoms with E-state index >= 15 is 0 Å². The first-order valence-corrected chi connectivity index (χ1v) is 9.96. The molecule has 0 unspecified atom stereocenters. The molecule has 1 aromatic heterocycles. The summed E-state index contributed by atoms with van der Waals surface area (Å²) in [6.07, 6.45) is -1.02. The zero-order chi connectivity index (χ0) is 19.7. The van der Waals surface area contributed by atoms with Crippen LogP contribution < -0.4 is 4.72 Å². The molecule has 0 spiro atoms. The van der Waals surface area contributed by atoms with Crippen LogP contribution in [0, 0.1) is 11.7 Å². The van der Waals surface area contributed by atoms with Crippen molar-refractivity contribution in [2.45, 2.75) is 38.4 Å². The minimum Gasteiger partial charge on any atom is -0.329 e. The van der Waals surface area contributed by atoms with Crippen molar-refractivity contribution in [2.75, 3.05) is 5.75 Å². The summed E-state index contributed by atoms with van der Waals surface area (Å²) in [5, 5.41) is 3.18. The molecular weight excluding hydrogens is 390 g/mol. The number of nitrogens with one attached hydrogen (secondary N) is 1. The maximum Gasteiger partial charge on any atom is 0.471 e. The van der Waals surface area contributed by atoms with Crippen LogP contribution in [0.5, 0.6) is 0 Å². The predicted molar refractivity (Wildman–Crippen MR) is 87.3 cm³/mol. The molecule has 1 saturated carbocycles. The van der Waals surface area contributed by atoms with Crippen LogP contribution in [0.15, 0.2) is 22.7 Å². The van der Waals surface area contributed by atoms with Crippen LogP contribution in [-0.2, 0) is 22.7 Å². The first-order valence-electron chi connectivity index (χ1n) is 8.31. The molecule has 2 aromatic rings. The van der Waals surface area contributed by atoms with Crippen molar-refractivity contribution in [1.82, 2.24) is 14.9 Å². The van der Waals surface area contributed by atoms with Crippen molar-refractivity contribution in [1.29, 1.82) is 0 Å². The quantitative estimate of drug-likeness (QED) is 0.741. The lowest BCUT2D eigenvalue weighted by Gasteiger charge is -2.11. The lowest BCUT2D eigenvalue weighted by Crippen LogP contribution is -2.29. The maximum atomic E-state index is 14.2. The van der Waals surface area contributed by atoms with Gasteiger partial charge in [-0.05, 0) is 24.8 Å². The van der Waals surface area contributed by atoms with E-state index in [0.717, 1.165) is 31.7 Å². The van der Waals surface area contributed by atoms with E-state index in [0.29, 0.717) is 0 Å².